The van der Waals surface area contributed by atoms with E-state index >= 15 is 0 Å². The number of thiazole rings is 1. The summed E-state index contributed by atoms with van der Waals surface area (Å²) in [6.07, 6.45) is 1.54. The normalized spacial score (nSPS) is 14.8. The number of aryl methyl sites for hydroxylation is 1. The van der Waals surface area contributed by atoms with E-state index in [4.69, 9.17) is 21.3 Å². The lowest BCUT2D eigenvalue weighted by atomic mass is 10.2. The van der Waals surface area contributed by atoms with Crippen molar-refractivity contribution in [3.8, 4) is 0 Å². The molecule has 9 heteroatoms. The molecular weight excluding hydrogens is 446 g/mol. The number of rotatable bonds is 5. The first-order chi connectivity index (χ1) is 15.6. The van der Waals surface area contributed by atoms with Crippen LogP contribution in [-0.4, -0.2) is 65.2 Å². The summed E-state index contributed by atoms with van der Waals surface area (Å²) in [6, 6.07) is 11.3. The second kappa shape index (κ2) is 9.07. The van der Waals surface area contributed by atoms with Crippen LogP contribution < -0.4 is 4.90 Å². The standard InChI is InChI=1S/C23H22ClN5O2S/c1-15-6-7-16(24)21-20(15)27-23(32-21)29(9-8-28-10-12-31-13-11-28)22(30)19-14-25-17-4-2-3-5-18(17)26-19/h2-7,14H,8-13H2,1H3. The number of aromatic nitrogens is 3. The summed E-state index contributed by atoms with van der Waals surface area (Å²) in [5.41, 5.74) is 3.60. The number of benzene rings is 2. The SMILES string of the molecule is Cc1ccc(Cl)c2sc(N(CCN3CCOCC3)C(=O)c3cnc4ccccc4n3)nc12. The van der Waals surface area contributed by atoms with Crippen molar-refractivity contribution in [3.63, 3.8) is 0 Å². The number of nitrogens with zero attached hydrogens (tertiary/aromatic N) is 5. The highest BCUT2D eigenvalue weighted by atomic mass is 35.5. The van der Waals surface area contributed by atoms with Crippen LogP contribution in [0.3, 0.4) is 0 Å². The Morgan fingerprint density at radius 2 is 1.94 bits per heavy atom. The molecule has 0 saturated carbocycles. The van der Waals surface area contributed by atoms with Crippen LogP contribution in [-0.2, 0) is 4.74 Å². The van der Waals surface area contributed by atoms with E-state index in [0.29, 0.717) is 41.1 Å². The highest BCUT2D eigenvalue weighted by molar-refractivity contribution is 7.23. The van der Waals surface area contributed by atoms with Crippen molar-refractivity contribution in [2.45, 2.75) is 6.92 Å². The minimum atomic E-state index is -0.218. The maximum absolute atomic E-state index is 13.6. The van der Waals surface area contributed by atoms with Gasteiger partial charge >= 0.3 is 0 Å². The van der Waals surface area contributed by atoms with Crippen molar-refractivity contribution in [2.24, 2.45) is 0 Å². The summed E-state index contributed by atoms with van der Waals surface area (Å²) in [6.45, 7) is 6.32. The van der Waals surface area contributed by atoms with Gasteiger partial charge in [-0.1, -0.05) is 41.1 Å². The van der Waals surface area contributed by atoms with Gasteiger partial charge in [-0.05, 0) is 30.7 Å². The summed E-state index contributed by atoms with van der Waals surface area (Å²) >= 11 is 7.86. The Morgan fingerprint density at radius 3 is 2.72 bits per heavy atom. The molecule has 32 heavy (non-hydrogen) atoms. The van der Waals surface area contributed by atoms with Gasteiger partial charge < -0.3 is 4.74 Å². The quantitative estimate of drug-likeness (QED) is 0.438. The van der Waals surface area contributed by atoms with E-state index in [1.807, 2.05) is 43.3 Å². The monoisotopic (exact) mass is 467 g/mol. The molecule has 1 aliphatic heterocycles. The number of carbonyl (C=O) groups is 1. The zero-order valence-corrected chi connectivity index (χ0v) is 19.2. The molecule has 0 atom stereocenters. The fourth-order valence-corrected chi connectivity index (χ4v) is 5.10. The molecule has 1 fully saturated rings. The average molecular weight is 468 g/mol. The Balaban J connectivity index is 1.51. The first-order valence-corrected chi connectivity index (χ1v) is 11.7. The lowest BCUT2D eigenvalue weighted by Crippen LogP contribution is -2.43. The minimum Gasteiger partial charge on any atom is -0.379 e. The van der Waals surface area contributed by atoms with Crippen LogP contribution in [0.15, 0.2) is 42.6 Å². The van der Waals surface area contributed by atoms with Gasteiger partial charge in [-0.25, -0.2) is 9.97 Å². The van der Waals surface area contributed by atoms with Crippen molar-refractivity contribution in [1.29, 1.82) is 0 Å². The largest absolute Gasteiger partial charge is 0.379 e. The third-order valence-electron chi connectivity index (χ3n) is 5.57. The summed E-state index contributed by atoms with van der Waals surface area (Å²) in [5.74, 6) is -0.218. The lowest BCUT2D eigenvalue weighted by Gasteiger charge is -2.29. The van der Waals surface area contributed by atoms with E-state index in [1.54, 1.807) is 4.90 Å². The second-order valence-corrected chi connectivity index (χ2v) is 9.08. The predicted octanol–water partition coefficient (Wildman–Crippen LogP) is 4.18. The molecule has 0 N–H and O–H groups in total. The molecule has 2 aromatic heterocycles. The molecule has 0 unspecified atom stereocenters. The molecular formula is C23H22ClN5O2S. The van der Waals surface area contributed by atoms with Gasteiger partial charge in [0.2, 0.25) is 0 Å². The van der Waals surface area contributed by atoms with Crippen molar-refractivity contribution >= 4 is 55.2 Å². The number of ether oxygens (including phenoxy) is 1. The van der Waals surface area contributed by atoms with Crippen LogP contribution in [0.1, 0.15) is 16.1 Å². The third kappa shape index (κ3) is 4.19. The van der Waals surface area contributed by atoms with E-state index in [0.717, 1.165) is 40.9 Å². The molecule has 1 amide bonds. The van der Waals surface area contributed by atoms with Crippen molar-refractivity contribution in [3.05, 3.63) is 58.9 Å². The van der Waals surface area contributed by atoms with Gasteiger partial charge in [0.05, 0.1) is 45.7 Å². The van der Waals surface area contributed by atoms with Crippen molar-refractivity contribution in [1.82, 2.24) is 19.9 Å². The molecule has 1 aliphatic rings. The number of hydrogen-bond acceptors (Lipinski definition) is 7. The van der Waals surface area contributed by atoms with E-state index in [1.165, 1.54) is 17.5 Å². The van der Waals surface area contributed by atoms with Gasteiger partial charge in [-0.15, -0.1) is 0 Å². The number of fused-ring (bicyclic) bond motifs is 2. The average Bonchev–Trinajstić information content (AvgIpc) is 3.28. The lowest BCUT2D eigenvalue weighted by molar-refractivity contribution is 0.0391. The van der Waals surface area contributed by atoms with E-state index < -0.39 is 0 Å². The van der Waals surface area contributed by atoms with Gasteiger partial charge in [0, 0.05) is 26.2 Å². The van der Waals surface area contributed by atoms with Gasteiger partial charge in [-0.2, -0.15) is 0 Å². The molecule has 0 radical (unpaired) electrons. The van der Waals surface area contributed by atoms with Crippen molar-refractivity contribution < 1.29 is 9.53 Å². The number of halogens is 1. The maximum atomic E-state index is 13.6. The Bertz CT molecular complexity index is 1250. The van der Waals surface area contributed by atoms with Gasteiger partial charge in [0.25, 0.3) is 5.91 Å². The molecule has 3 heterocycles. The minimum absolute atomic E-state index is 0.218. The molecule has 5 rings (SSSR count). The van der Waals surface area contributed by atoms with Crippen LogP contribution in [0.25, 0.3) is 21.3 Å². The van der Waals surface area contributed by atoms with Crippen LogP contribution in [0.4, 0.5) is 5.13 Å². The Morgan fingerprint density at radius 1 is 1.16 bits per heavy atom. The molecule has 1 saturated heterocycles. The first kappa shape index (κ1) is 21.2. The second-order valence-electron chi connectivity index (χ2n) is 7.69. The number of carbonyl (C=O) groups excluding carboxylic acids is 1. The number of hydrogen-bond donors (Lipinski definition) is 0. The molecule has 164 valence electrons. The molecule has 2 aromatic carbocycles. The molecule has 0 spiro atoms. The fourth-order valence-electron chi connectivity index (χ4n) is 3.75. The topological polar surface area (TPSA) is 71.5 Å². The Kier molecular flexibility index (Phi) is 6.01. The third-order valence-corrected chi connectivity index (χ3v) is 7.11. The number of morpholine rings is 1. The fraction of sp³-hybridized carbons (Fsp3) is 0.304. The summed E-state index contributed by atoms with van der Waals surface area (Å²) < 4.78 is 6.33. The summed E-state index contributed by atoms with van der Waals surface area (Å²) in [7, 11) is 0. The Labute approximate surface area is 194 Å². The van der Waals surface area contributed by atoms with Crippen LogP contribution in [0, 0.1) is 6.92 Å². The summed E-state index contributed by atoms with van der Waals surface area (Å²) in [5, 5.41) is 1.25. The van der Waals surface area contributed by atoms with E-state index in [9.17, 15) is 4.79 Å². The zero-order chi connectivity index (χ0) is 22.1. The van der Waals surface area contributed by atoms with Gasteiger partial charge in [0.1, 0.15) is 5.69 Å². The molecule has 7 nitrogen and oxygen atoms in total. The number of anilines is 1. The van der Waals surface area contributed by atoms with E-state index in [-0.39, 0.29) is 5.91 Å². The highest BCUT2D eigenvalue weighted by Crippen LogP contribution is 2.36. The Hall–Kier alpha value is -2.65. The van der Waals surface area contributed by atoms with Crippen LogP contribution >= 0.6 is 22.9 Å². The van der Waals surface area contributed by atoms with Crippen LogP contribution in [0.5, 0.6) is 0 Å². The number of para-hydroxylation sites is 2. The van der Waals surface area contributed by atoms with Gasteiger partial charge in [-0.3, -0.25) is 19.6 Å². The van der Waals surface area contributed by atoms with Crippen LogP contribution in [0.2, 0.25) is 5.02 Å². The first-order valence-electron chi connectivity index (χ1n) is 10.5. The highest BCUT2D eigenvalue weighted by Gasteiger charge is 2.25. The molecule has 0 bridgehead atoms. The summed E-state index contributed by atoms with van der Waals surface area (Å²) in [4.78, 5) is 31.4. The molecule has 4 aromatic rings. The van der Waals surface area contributed by atoms with Crippen molar-refractivity contribution in [2.75, 3.05) is 44.3 Å². The predicted molar refractivity (Wildman–Crippen MR) is 128 cm³/mol. The zero-order valence-electron chi connectivity index (χ0n) is 17.6. The molecule has 0 aliphatic carbocycles. The van der Waals surface area contributed by atoms with E-state index in [2.05, 4.69) is 14.9 Å². The van der Waals surface area contributed by atoms with Gasteiger partial charge in [0.15, 0.2) is 5.13 Å². The number of amides is 1. The smallest absolute Gasteiger partial charge is 0.280 e. The maximum Gasteiger partial charge on any atom is 0.280 e.